The largest absolute Gasteiger partial charge is 0.478 e. The fourth-order valence-corrected chi connectivity index (χ4v) is 1.27. The fourth-order valence-electron chi connectivity index (χ4n) is 1.27. The minimum Gasteiger partial charge on any atom is -0.478 e. The molecule has 5 heteroatoms. The smallest absolute Gasteiger partial charge is 0.335 e. The highest BCUT2D eigenvalue weighted by atomic mass is 16.5. The number of benzene rings is 1. The molecule has 0 aliphatic carbocycles. The predicted molar refractivity (Wildman–Crippen MR) is 64.6 cm³/mol. The third-order valence-corrected chi connectivity index (χ3v) is 2.12. The van der Waals surface area contributed by atoms with Gasteiger partial charge in [-0.2, -0.15) is 0 Å². The van der Waals surface area contributed by atoms with Crippen LogP contribution in [-0.2, 0) is 9.47 Å². The van der Waals surface area contributed by atoms with E-state index in [0.717, 1.165) is 5.69 Å². The quantitative estimate of drug-likeness (QED) is 0.672. The monoisotopic (exact) mass is 239 g/mol. The summed E-state index contributed by atoms with van der Waals surface area (Å²) in [5.74, 6) is -0.926. The third-order valence-electron chi connectivity index (χ3n) is 2.12. The second-order valence-electron chi connectivity index (χ2n) is 3.42. The van der Waals surface area contributed by atoms with Crippen molar-refractivity contribution in [3.05, 3.63) is 29.8 Å². The summed E-state index contributed by atoms with van der Waals surface area (Å²) in [7, 11) is 1.62. The molecule has 5 nitrogen and oxygen atoms in total. The molecule has 0 aromatic heterocycles. The Hall–Kier alpha value is -1.59. The first-order chi connectivity index (χ1) is 8.24. The van der Waals surface area contributed by atoms with Gasteiger partial charge in [0, 0.05) is 19.3 Å². The Morgan fingerprint density at radius 3 is 2.88 bits per heavy atom. The van der Waals surface area contributed by atoms with Gasteiger partial charge in [-0.05, 0) is 18.2 Å². The van der Waals surface area contributed by atoms with Gasteiger partial charge in [-0.15, -0.1) is 0 Å². The zero-order valence-electron chi connectivity index (χ0n) is 9.81. The number of ether oxygens (including phenoxy) is 2. The van der Waals surface area contributed by atoms with Crippen molar-refractivity contribution in [2.45, 2.75) is 0 Å². The van der Waals surface area contributed by atoms with Crippen LogP contribution in [-0.4, -0.2) is 44.6 Å². The highest BCUT2D eigenvalue weighted by Gasteiger charge is 2.02. The van der Waals surface area contributed by atoms with Crippen LogP contribution in [0.25, 0.3) is 0 Å². The van der Waals surface area contributed by atoms with E-state index in [9.17, 15) is 4.79 Å². The van der Waals surface area contributed by atoms with Gasteiger partial charge < -0.3 is 19.9 Å². The maximum absolute atomic E-state index is 10.7. The van der Waals surface area contributed by atoms with E-state index in [1.165, 1.54) is 0 Å². The molecule has 0 saturated carbocycles. The molecule has 0 amide bonds. The summed E-state index contributed by atoms with van der Waals surface area (Å²) in [5, 5.41) is 11.9. The molecule has 0 radical (unpaired) electrons. The first kappa shape index (κ1) is 13.5. The Balaban J connectivity index is 2.27. The Bertz CT molecular complexity index is 354. The molecule has 1 rings (SSSR count). The molecule has 1 aromatic carbocycles. The van der Waals surface area contributed by atoms with Gasteiger partial charge in [0.1, 0.15) is 0 Å². The summed E-state index contributed by atoms with van der Waals surface area (Å²) in [6, 6.07) is 6.68. The standard InChI is InChI=1S/C12H17NO4/c1-16-7-8-17-6-5-13-11-4-2-3-10(9-11)12(14)15/h2-4,9,13H,5-8H2,1H3,(H,14,15). The number of nitrogens with one attached hydrogen (secondary N) is 1. The predicted octanol–water partition coefficient (Wildman–Crippen LogP) is 1.46. The van der Waals surface area contributed by atoms with Crippen LogP contribution >= 0.6 is 0 Å². The van der Waals surface area contributed by atoms with Crippen LogP contribution in [0.2, 0.25) is 0 Å². The van der Waals surface area contributed by atoms with Crippen molar-refractivity contribution in [3.63, 3.8) is 0 Å². The summed E-state index contributed by atoms with van der Waals surface area (Å²) in [6.45, 7) is 2.33. The lowest BCUT2D eigenvalue weighted by atomic mass is 10.2. The Labute approximate surface area is 100 Å². The molecular weight excluding hydrogens is 222 g/mol. The average molecular weight is 239 g/mol. The molecule has 17 heavy (non-hydrogen) atoms. The lowest BCUT2D eigenvalue weighted by molar-refractivity contribution is 0.0697. The molecule has 0 aliphatic heterocycles. The average Bonchev–Trinajstić information content (AvgIpc) is 2.34. The minimum atomic E-state index is -0.926. The maximum Gasteiger partial charge on any atom is 0.335 e. The lowest BCUT2D eigenvalue weighted by Crippen LogP contribution is -2.12. The van der Waals surface area contributed by atoms with Crippen LogP contribution in [0.1, 0.15) is 10.4 Å². The van der Waals surface area contributed by atoms with E-state index in [1.54, 1.807) is 25.3 Å². The first-order valence-corrected chi connectivity index (χ1v) is 5.38. The van der Waals surface area contributed by atoms with Crippen LogP contribution < -0.4 is 5.32 Å². The van der Waals surface area contributed by atoms with Gasteiger partial charge in [-0.1, -0.05) is 6.07 Å². The molecule has 0 atom stereocenters. The Kier molecular flexibility index (Phi) is 6.06. The number of carboxylic acid groups (broad SMARTS) is 1. The molecule has 0 heterocycles. The molecular formula is C12H17NO4. The summed E-state index contributed by atoms with van der Waals surface area (Å²) in [5.41, 5.74) is 1.05. The van der Waals surface area contributed by atoms with Crippen LogP contribution in [0, 0.1) is 0 Å². The molecule has 0 saturated heterocycles. The molecule has 0 unspecified atom stereocenters. The number of hydrogen-bond donors (Lipinski definition) is 2. The molecule has 0 spiro atoms. The molecule has 94 valence electrons. The zero-order valence-corrected chi connectivity index (χ0v) is 9.81. The van der Waals surface area contributed by atoms with Gasteiger partial charge >= 0.3 is 5.97 Å². The van der Waals surface area contributed by atoms with Crippen molar-refractivity contribution in [1.82, 2.24) is 0 Å². The molecule has 0 fully saturated rings. The maximum atomic E-state index is 10.7. The fraction of sp³-hybridized carbons (Fsp3) is 0.417. The normalized spacial score (nSPS) is 10.2. The van der Waals surface area contributed by atoms with E-state index in [2.05, 4.69) is 5.32 Å². The van der Waals surface area contributed by atoms with Gasteiger partial charge in [-0.3, -0.25) is 0 Å². The number of carboxylic acids is 1. The van der Waals surface area contributed by atoms with Crippen molar-refractivity contribution in [2.75, 3.05) is 38.8 Å². The Morgan fingerprint density at radius 1 is 1.35 bits per heavy atom. The zero-order chi connectivity index (χ0) is 12.5. The summed E-state index contributed by atoms with van der Waals surface area (Å²) < 4.78 is 10.1. The number of methoxy groups -OCH3 is 1. The van der Waals surface area contributed by atoms with Crippen LogP contribution in [0.3, 0.4) is 0 Å². The molecule has 2 N–H and O–H groups in total. The number of anilines is 1. The third kappa shape index (κ3) is 5.33. The van der Waals surface area contributed by atoms with Crippen molar-refractivity contribution >= 4 is 11.7 Å². The van der Waals surface area contributed by atoms with Crippen LogP contribution in [0.4, 0.5) is 5.69 Å². The van der Waals surface area contributed by atoms with Crippen molar-refractivity contribution in [1.29, 1.82) is 0 Å². The van der Waals surface area contributed by atoms with Gasteiger partial charge in [0.25, 0.3) is 0 Å². The minimum absolute atomic E-state index is 0.273. The van der Waals surface area contributed by atoms with Gasteiger partial charge in [0.05, 0.1) is 25.4 Å². The number of carbonyl (C=O) groups is 1. The summed E-state index contributed by atoms with van der Waals surface area (Å²) in [6.07, 6.45) is 0. The summed E-state index contributed by atoms with van der Waals surface area (Å²) >= 11 is 0. The highest BCUT2D eigenvalue weighted by Crippen LogP contribution is 2.09. The van der Waals surface area contributed by atoms with Gasteiger partial charge in [-0.25, -0.2) is 4.79 Å². The van der Waals surface area contributed by atoms with Crippen molar-refractivity contribution in [3.8, 4) is 0 Å². The second kappa shape index (κ2) is 7.65. The Morgan fingerprint density at radius 2 is 2.18 bits per heavy atom. The number of aromatic carboxylic acids is 1. The first-order valence-electron chi connectivity index (χ1n) is 5.38. The van der Waals surface area contributed by atoms with E-state index in [1.807, 2.05) is 6.07 Å². The molecule has 0 aliphatic rings. The lowest BCUT2D eigenvalue weighted by Gasteiger charge is -2.07. The van der Waals surface area contributed by atoms with E-state index < -0.39 is 5.97 Å². The number of hydrogen-bond acceptors (Lipinski definition) is 4. The van der Waals surface area contributed by atoms with Gasteiger partial charge in [0.15, 0.2) is 0 Å². The molecule has 0 bridgehead atoms. The second-order valence-corrected chi connectivity index (χ2v) is 3.42. The van der Waals surface area contributed by atoms with E-state index in [0.29, 0.717) is 26.4 Å². The van der Waals surface area contributed by atoms with Crippen LogP contribution in [0.5, 0.6) is 0 Å². The van der Waals surface area contributed by atoms with Crippen LogP contribution in [0.15, 0.2) is 24.3 Å². The van der Waals surface area contributed by atoms with E-state index in [-0.39, 0.29) is 5.56 Å². The summed E-state index contributed by atoms with van der Waals surface area (Å²) in [4.78, 5) is 10.7. The number of rotatable bonds is 8. The van der Waals surface area contributed by atoms with E-state index in [4.69, 9.17) is 14.6 Å². The van der Waals surface area contributed by atoms with Crippen molar-refractivity contribution in [2.24, 2.45) is 0 Å². The van der Waals surface area contributed by atoms with Gasteiger partial charge in [0.2, 0.25) is 0 Å². The SMILES string of the molecule is COCCOCCNc1cccc(C(=O)O)c1. The highest BCUT2D eigenvalue weighted by molar-refractivity contribution is 5.88. The van der Waals surface area contributed by atoms with Crippen molar-refractivity contribution < 1.29 is 19.4 Å². The van der Waals surface area contributed by atoms with E-state index >= 15 is 0 Å². The topological polar surface area (TPSA) is 67.8 Å². The molecule has 1 aromatic rings.